The summed E-state index contributed by atoms with van der Waals surface area (Å²) in [7, 11) is 0. The maximum atomic E-state index is 12.8. The lowest BCUT2D eigenvalue weighted by molar-refractivity contribution is -0.384. The number of hydrogen-bond acceptors (Lipinski definition) is 5. The number of nitro groups is 1. The van der Waals surface area contributed by atoms with Gasteiger partial charge in [-0.15, -0.1) is 0 Å². The molecule has 0 bridgehead atoms. The van der Waals surface area contributed by atoms with Crippen LogP contribution in [0.4, 0.5) is 17.1 Å². The number of amides is 1. The number of aromatic amines is 1. The summed E-state index contributed by atoms with van der Waals surface area (Å²) in [4.78, 5) is 31.3. The van der Waals surface area contributed by atoms with Gasteiger partial charge in [-0.05, 0) is 35.9 Å². The number of H-pyrrole nitrogens is 1. The zero-order valence-corrected chi connectivity index (χ0v) is 18.6. The van der Waals surface area contributed by atoms with E-state index in [0.717, 1.165) is 38.4 Å². The van der Waals surface area contributed by atoms with Gasteiger partial charge >= 0.3 is 0 Å². The smallest absolute Gasteiger partial charge is 0.270 e. The van der Waals surface area contributed by atoms with Crippen LogP contribution < -0.4 is 10.2 Å². The molecule has 1 aliphatic heterocycles. The molecule has 5 rings (SSSR count). The van der Waals surface area contributed by atoms with Crippen LogP contribution in [-0.2, 0) is 6.54 Å². The lowest BCUT2D eigenvalue weighted by Crippen LogP contribution is -2.45. The Bertz CT molecular complexity index is 1310. The number of nitro benzene ring substituents is 1. The van der Waals surface area contributed by atoms with Crippen LogP contribution in [0.3, 0.4) is 0 Å². The van der Waals surface area contributed by atoms with Crippen LogP contribution >= 0.6 is 0 Å². The molecule has 1 aliphatic rings. The number of carbonyl (C=O) groups is 1. The summed E-state index contributed by atoms with van der Waals surface area (Å²) in [6.45, 7) is 4.87. The van der Waals surface area contributed by atoms with Crippen molar-refractivity contribution in [2.45, 2.75) is 6.54 Å². The predicted molar refractivity (Wildman–Crippen MR) is 133 cm³/mol. The van der Waals surface area contributed by atoms with Gasteiger partial charge in [-0.2, -0.15) is 0 Å². The van der Waals surface area contributed by atoms with E-state index < -0.39 is 4.92 Å². The second kappa shape index (κ2) is 9.36. The monoisotopic (exact) mass is 455 g/mol. The molecule has 0 atom stereocenters. The molecule has 0 saturated carbocycles. The molecule has 172 valence electrons. The number of hydrogen-bond donors (Lipinski definition) is 2. The molecular formula is C26H25N5O3. The summed E-state index contributed by atoms with van der Waals surface area (Å²) in [6.07, 6.45) is 1.58. The molecule has 0 unspecified atom stereocenters. The van der Waals surface area contributed by atoms with Crippen molar-refractivity contribution in [3.05, 3.63) is 100 Å². The van der Waals surface area contributed by atoms with E-state index in [1.54, 1.807) is 12.3 Å². The first kappa shape index (κ1) is 21.7. The molecule has 34 heavy (non-hydrogen) atoms. The highest BCUT2D eigenvalue weighted by molar-refractivity contribution is 6.13. The van der Waals surface area contributed by atoms with Crippen LogP contribution in [0.2, 0.25) is 0 Å². The van der Waals surface area contributed by atoms with Crippen molar-refractivity contribution < 1.29 is 9.72 Å². The van der Waals surface area contributed by atoms with Gasteiger partial charge in [0.1, 0.15) is 0 Å². The fourth-order valence-electron chi connectivity index (χ4n) is 4.37. The quantitative estimate of drug-likeness (QED) is 0.326. The zero-order valence-electron chi connectivity index (χ0n) is 18.6. The lowest BCUT2D eigenvalue weighted by Gasteiger charge is -2.36. The van der Waals surface area contributed by atoms with E-state index in [0.29, 0.717) is 22.2 Å². The van der Waals surface area contributed by atoms with E-state index in [9.17, 15) is 14.9 Å². The molecule has 1 aromatic heterocycles. The standard InChI is InChI=1S/C26H25N5O3/c32-26(24-17-27-25-11-10-22(31(33)34)16-23(24)25)28-20-6-8-21(9-7-20)30-14-12-29(13-15-30)18-19-4-2-1-3-5-19/h1-11,16-17,27H,12-15,18H2,(H,28,32). The molecule has 0 aliphatic carbocycles. The molecule has 1 saturated heterocycles. The van der Waals surface area contributed by atoms with E-state index >= 15 is 0 Å². The highest BCUT2D eigenvalue weighted by Crippen LogP contribution is 2.25. The molecule has 0 radical (unpaired) electrons. The van der Waals surface area contributed by atoms with Crippen LogP contribution in [0.25, 0.3) is 10.9 Å². The number of rotatable bonds is 6. The molecule has 8 heteroatoms. The largest absolute Gasteiger partial charge is 0.369 e. The van der Waals surface area contributed by atoms with Gasteiger partial charge in [-0.3, -0.25) is 19.8 Å². The van der Waals surface area contributed by atoms with Gasteiger partial charge in [0.25, 0.3) is 11.6 Å². The predicted octanol–water partition coefficient (Wildman–Crippen LogP) is 4.65. The summed E-state index contributed by atoms with van der Waals surface area (Å²) in [5.74, 6) is -0.311. The van der Waals surface area contributed by atoms with Gasteiger partial charge in [0, 0.05) is 73.3 Å². The number of carbonyl (C=O) groups excluding carboxylic acids is 1. The second-order valence-corrected chi connectivity index (χ2v) is 8.44. The Labute approximate surface area is 197 Å². The van der Waals surface area contributed by atoms with E-state index in [1.807, 2.05) is 30.3 Å². The number of aromatic nitrogens is 1. The van der Waals surface area contributed by atoms with Crippen LogP contribution in [0.5, 0.6) is 0 Å². The Hall–Kier alpha value is -4.17. The first-order valence-corrected chi connectivity index (χ1v) is 11.2. The Morgan fingerprint density at radius 1 is 0.971 bits per heavy atom. The minimum Gasteiger partial charge on any atom is -0.369 e. The average molecular weight is 456 g/mol. The van der Waals surface area contributed by atoms with Crippen LogP contribution in [0.15, 0.2) is 79.0 Å². The molecular weight excluding hydrogens is 430 g/mol. The fraction of sp³-hybridized carbons (Fsp3) is 0.192. The Balaban J connectivity index is 1.20. The SMILES string of the molecule is O=C(Nc1ccc(N2CCN(Cc3ccccc3)CC2)cc1)c1c[nH]c2ccc([N+](=O)[O-])cc12. The van der Waals surface area contributed by atoms with Crippen molar-refractivity contribution in [3.8, 4) is 0 Å². The lowest BCUT2D eigenvalue weighted by atomic mass is 10.1. The summed E-state index contributed by atoms with van der Waals surface area (Å²) < 4.78 is 0. The first-order valence-electron chi connectivity index (χ1n) is 11.2. The van der Waals surface area contributed by atoms with Gasteiger partial charge < -0.3 is 15.2 Å². The number of piperazine rings is 1. The van der Waals surface area contributed by atoms with E-state index in [1.165, 1.54) is 17.7 Å². The second-order valence-electron chi connectivity index (χ2n) is 8.44. The fourth-order valence-corrected chi connectivity index (χ4v) is 4.37. The average Bonchev–Trinajstić information content (AvgIpc) is 3.29. The number of fused-ring (bicyclic) bond motifs is 1. The number of non-ortho nitro benzene ring substituents is 1. The molecule has 8 nitrogen and oxygen atoms in total. The van der Waals surface area contributed by atoms with Gasteiger partial charge in [0.2, 0.25) is 0 Å². The summed E-state index contributed by atoms with van der Waals surface area (Å²) in [5, 5.41) is 14.5. The number of nitrogens with zero attached hydrogens (tertiary/aromatic N) is 3. The zero-order chi connectivity index (χ0) is 23.5. The van der Waals surface area contributed by atoms with Crippen LogP contribution in [0, 0.1) is 10.1 Å². The van der Waals surface area contributed by atoms with Gasteiger partial charge in [0.05, 0.1) is 10.5 Å². The summed E-state index contributed by atoms with van der Waals surface area (Å²) in [6, 6.07) is 22.8. The molecule has 0 spiro atoms. The minimum atomic E-state index is -0.464. The molecule has 4 aromatic rings. The van der Waals surface area contributed by atoms with Crippen LogP contribution in [0.1, 0.15) is 15.9 Å². The highest BCUT2D eigenvalue weighted by Gasteiger charge is 2.18. The van der Waals surface area contributed by atoms with E-state index in [2.05, 4.69) is 44.4 Å². The molecule has 3 aromatic carbocycles. The van der Waals surface area contributed by atoms with Crippen molar-refractivity contribution >= 4 is 33.9 Å². The number of nitrogens with one attached hydrogen (secondary N) is 2. The molecule has 2 N–H and O–H groups in total. The van der Waals surface area contributed by atoms with E-state index in [-0.39, 0.29) is 11.6 Å². The van der Waals surface area contributed by atoms with Crippen molar-refractivity contribution in [1.82, 2.24) is 9.88 Å². The third kappa shape index (κ3) is 4.62. The molecule has 1 fully saturated rings. The van der Waals surface area contributed by atoms with Crippen molar-refractivity contribution in [2.24, 2.45) is 0 Å². The van der Waals surface area contributed by atoms with Crippen molar-refractivity contribution in [1.29, 1.82) is 0 Å². The first-order chi connectivity index (χ1) is 16.6. The third-order valence-electron chi connectivity index (χ3n) is 6.23. The highest BCUT2D eigenvalue weighted by atomic mass is 16.6. The minimum absolute atomic E-state index is 0.0469. The third-order valence-corrected chi connectivity index (χ3v) is 6.23. The normalized spacial score (nSPS) is 14.3. The maximum Gasteiger partial charge on any atom is 0.270 e. The Morgan fingerprint density at radius 2 is 1.71 bits per heavy atom. The molecule has 2 heterocycles. The molecule has 1 amide bonds. The summed E-state index contributed by atoms with van der Waals surface area (Å²) in [5.41, 5.74) is 4.14. The van der Waals surface area contributed by atoms with Gasteiger partial charge in [0.15, 0.2) is 0 Å². The van der Waals surface area contributed by atoms with Crippen molar-refractivity contribution in [2.75, 3.05) is 36.4 Å². The van der Waals surface area contributed by atoms with Gasteiger partial charge in [-0.25, -0.2) is 0 Å². The van der Waals surface area contributed by atoms with E-state index in [4.69, 9.17) is 0 Å². The maximum absolute atomic E-state index is 12.8. The summed E-state index contributed by atoms with van der Waals surface area (Å²) >= 11 is 0. The number of benzene rings is 3. The van der Waals surface area contributed by atoms with Gasteiger partial charge in [-0.1, -0.05) is 30.3 Å². The number of anilines is 2. The van der Waals surface area contributed by atoms with Crippen molar-refractivity contribution in [3.63, 3.8) is 0 Å². The Morgan fingerprint density at radius 3 is 2.41 bits per heavy atom. The van der Waals surface area contributed by atoms with Crippen LogP contribution in [-0.4, -0.2) is 46.9 Å². The topological polar surface area (TPSA) is 94.5 Å². The Kier molecular flexibility index (Phi) is 5.97.